The molecular weight excluding hydrogens is 360 g/mol. The molecule has 0 aromatic heterocycles. The van der Waals surface area contributed by atoms with Crippen LogP contribution >= 0.6 is 27.7 Å². The lowest BCUT2D eigenvalue weighted by atomic mass is 10.1. The molecule has 1 heterocycles. The largest absolute Gasteiger partial charge is 0.273 e. The van der Waals surface area contributed by atoms with Gasteiger partial charge in [0.15, 0.2) is 0 Å². The zero-order valence-corrected chi connectivity index (χ0v) is 14.7. The van der Waals surface area contributed by atoms with Crippen molar-refractivity contribution in [2.75, 3.05) is 0 Å². The molecule has 1 unspecified atom stereocenters. The van der Waals surface area contributed by atoms with E-state index < -0.39 is 4.87 Å². The Morgan fingerprint density at radius 1 is 1.18 bits per heavy atom. The lowest BCUT2D eigenvalue weighted by Crippen LogP contribution is -2.37. The Morgan fingerprint density at radius 3 is 2.55 bits per heavy atom. The highest BCUT2D eigenvalue weighted by atomic mass is 79.9. The Balaban J connectivity index is 2.04. The van der Waals surface area contributed by atoms with Crippen LogP contribution in [-0.4, -0.2) is 16.0 Å². The maximum atomic E-state index is 12.1. The second kappa shape index (κ2) is 5.89. The van der Waals surface area contributed by atoms with Gasteiger partial charge in [-0.3, -0.25) is 4.79 Å². The van der Waals surface area contributed by atoms with Crippen molar-refractivity contribution in [3.8, 4) is 0 Å². The van der Waals surface area contributed by atoms with Gasteiger partial charge in [0.2, 0.25) is 5.91 Å². The molecule has 3 nitrogen and oxygen atoms in total. The lowest BCUT2D eigenvalue weighted by molar-refractivity contribution is -0.131. The van der Waals surface area contributed by atoms with Crippen molar-refractivity contribution in [3.05, 3.63) is 70.2 Å². The van der Waals surface area contributed by atoms with Crippen molar-refractivity contribution in [3.63, 3.8) is 0 Å². The highest BCUT2D eigenvalue weighted by Gasteiger charge is 2.43. The van der Waals surface area contributed by atoms with E-state index in [-0.39, 0.29) is 5.91 Å². The molecule has 0 bridgehead atoms. The third kappa shape index (κ3) is 2.71. The highest BCUT2D eigenvalue weighted by Crippen LogP contribution is 2.46. The fraction of sp³-hybridized carbons (Fsp3) is 0.176. The third-order valence-corrected chi connectivity index (χ3v) is 5.38. The molecule has 2 aromatic carbocycles. The zero-order chi connectivity index (χ0) is 15.7. The molecule has 3 rings (SSSR count). The Morgan fingerprint density at radius 2 is 1.91 bits per heavy atom. The number of amides is 1. The van der Waals surface area contributed by atoms with E-state index in [1.54, 1.807) is 23.7 Å². The average Bonchev–Trinajstić information content (AvgIpc) is 2.88. The van der Waals surface area contributed by atoms with Gasteiger partial charge < -0.3 is 0 Å². The molecule has 5 heteroatoms. The predicted octanol–water partition coefficient (Wildman–Crippen LogP) is 4.58. The minimum Gasteiger partial charge on any atom is -0.273 e. The number of benzene rings is 2. The molecule has 1 aliphatic rings. The number of hydrogen-bond acceptors (Lipinski definition) is 3. The van der Waals surface area contributed by atoms with Gasteiger partial charge in [-0.25, -0.2) is 5.01 Å². The first-order chi connectivity index (χ1) is 10.5. The first-order valence-electron chi connectivity index (χ1n) is 6.90. The van der Waals surface area contributed by atoms with Gasteiger partial charge >= 0.3 is 0 Å². The molecule has 0 spiro atoms. The maximum Gasteiger partial charge on any atom is 0.241 e. The summed E-state index contributed by atoms with van der Waals surface area (Å²) < 4.78 is 0.996. The van der Waals surface area contributed by atoms with Gasteiger partial charge in [0.1, 0.15) is 9.91 Å². The number of nitrogens with zero attached hydrogens (tertiary/aromatic N) is 2. The Hall–Kier alpha value is -1.59. The van der Waals surface area contributed by atoms with E-state index in [1.165, 1.54) is 0 Å². The van der Waals surface area contributed by atoms with Gasteiger partial charge in [-0.05, 0) is 24.6 Å². The summed E-state index contributed by atoms with van der Waals surface area (Å²) >= 11 is 5.08. The minimum atomic E-state index is -0.523. The van der Waals surface area contributed by atoms with Crippen LogP contribution in [0.2, 0.25) is 0 Å². The number of thioether (sulfide) groups is 1. The van der Waals surface area contributed by atoms with Crippen LogP contribution in [0.5, 0.6) is 0 Å². The second-order valence-electron chi connectivity index (χ2n) is 5.20. The van der Waals surface area contributed by atoms with Crippen molar-refractivity contribution in [1.29, 1.82) is 0 Å². The topological polar surface area (TPSA) is 32.7 Å². The predicted molar refractivity (Wildman–Crippen MR) is 94.6 cm³/mol. The maximum absolute atomic E-state index is 12.1. The Labute approximate surface area is 142 Å². The molecule has 22 heavy (non-hydrogen) atoms. The molecule has 2 aromatic rings. The van der Waals surface area contributed by atoms with Gasteiger partial charge in [-0.2, -0.15) is 5.10 Å². The van der Waals surface area contributed by atoms with Crippen LogP contribution in [0.15, 0.2) is 64.2 Å². The van der Waals surface area contributed by atoms with Crippen LogP contribution < -0.4 is 0 Å². The number of hydrazone groups is 1. The van der Waals surface area contributed by atoms with E-state index in [9.17, 15) is 4.79 Å². The Bertz CT molecular complexity index is 747. The molecular formula is C17H15BrN2OS. The summed E-state index contributed by atoms with van der Waals surface area (Å²) in [7, 11) is 0. The summed E-state index contributed by atoms with van der Waals surface area (Å²) in [5, 5.41) is 6.99. The van der Waals surface area contributed by atoms with Gasteiger partial charge in [-0.1, -0.05) is 70.2 Å². The van der Waals surface area contributed by atoms with Gasteiger partial charge in [0.05, 0.1) is 0 Å². The average molecular weight is 375 g/mol. The molecule has 0 fully saturated rings. The van der Waals surface area contributed by atoms with E-state index in [0.717, 1.165) is 20.6 Å². The molecule has 1 atom stereocenters. The number of carbonyl (C=O) groups is 1. The van der Waals surface area contributed by atoms with Crippen LogP contribution in [0.1, 0.15) is 25.0 Å². The molecule has 1 aliphatic heterocycles. The summed E-state index contributed by atoms with van der Waals surface area (Å²) in [6.07, 6.45) is 0. The van der Waals surface area contributed by atoms with Crippen molar-refractivity contribution < 1.29 is 4.79 Å². The number of hydrogen-bond donors (Lipinski definition) is 0. The third-order valence-electron chi connectivity index (χ3n) is 3.57. The number of carbonyl (C=O) groups excluding carboxylic acids is 1. The summed E-state index contributed by atoms with van der Waals surface area (Å²) in [5.41, 5.74) is 2.06. The smallest absolute Gasteiger partial charge is 0.241 e. The second-order valence-corrected chi connectivity index (χ2v) is 7.50. The van der Waals surface area contributed by atoms with Crippen molar-refractivity contribution >= 4 is 38.6 Å². The molecule has 0 saturated carbocycles. The SMILES string of the molecule is CC(=O)N1N=C(c2cccc(Br)c2)SC1(C)c1ccccc1. The Kier molecular flexibility index (Phi) is 4.10. The van der Waals surface area contributed by atoms with Crippen LogP contribution in [0.25, 0.3) is 0 Å². The summed E-state index contributed by atoms with van der Waals surface area (Å²) in [6.45, 7) is 3.58. The molecule has 1 amide bonds. The van der Waals surface area contributed by atoms with Gasteiger partial charge in [-0.15, -0.1) is 0 Å². The molecule has 112 valence electrons. The lowest BCUT2D eigenvalue weighted by Gasteiger charge is -2.31. The zero-order valence-electron chi connectivity index (χ0n) is 12.3. The minimum absolute atomic E-state index is 0.0659. The van der Waals surface area contributed by atoms with E-state index in [2.05, 4.69) is 21.0 Å². The quantitative estimate of drug-likeness (QED) is 0.770. The first kappa shape index (κ1) is 15.3. The van der Waals surface area contributed by atoms with E-state index in [1.807, 2.05) is 61.5 Å². The monoisotopic (exact) mass is 374 g/mol. The number of halogens is 1. The van der Waals surface area contributed by atoms with Gasteiger partial charge in [0, 0.05) is 17.0 Å². The van der Waals surface area contributed by atoms with Gasteiger partial charge in [0.25, 0.3) is 0 Å². The van der Waals surface area contributed by atoms with Crippen LogP contribution in [0.4, 0.5) is 0 Å². The van der Waals surface area contributed by atoms with Crippen LogP contribution in [0.3, 0.4) is 0 Å². The van der Waals surface area contributed by atoms with Crippen molar-refractivity contribution in [2.24, 2.45) is 5.10 Å². The van der Waals surface area contributed by atoms with E-state index >= 15 is 0 Å². The van der Waals surface area contributed by atoms with Crippen LogP contribution in [0, 0.1) is 0 Å². The molecule has 0 N–H and O–H groups in total. The van der Waals surface area contributed by atoms with Crippen LogP contribution in [-0.2, 0) is 9.67 Å². The summed E-state index contributed by atoms with van der Waals surface area (Å²) in [5.74, 6) is -0.0659. The first-order valence-corrected chi connectivity index (χ1v) is 8.51. The molecule has 0 radical (unpaired) electrons. The van der Waals surface area contributed by atoms with Crippen molar-refractivity contribution in [1.82, 2.24) is 5.01 Å². The standard InChI is InChI=1S/C17H15BrN2OS/c1-12(21)20-17(2,14-8-4-3-5-9-14)22-16(19-20)13-7-6-10-15(18)11-13/h3-11H,1-2H3. The summed E-state index contributed by atoms with van der Waals surface area (Å²) in [6, 6.07) is 18.0. The van der Waals surface area contributed by atoms with Crippen molar-refractivity contribution in [2.45, 2.75) is 18.7 Å². The summed E-state index contributed by atoms with van der Waals surface area (Å²) in [4.78, 5) is 11.6. The van der Waals surface area contributed by atoms with E-state index in [4.69, 9.17) is 0 Å². The normalized spacial score (nSPS) is 20.9. The number of rotatable bonds is 2. The molecule has 0 saturated heterocycles. The fourth-order valence-corrected chi connectivity index (χ4v) is 4.13. The molecule has 0 aliphatic carbocycles. The highest BCUT2D eigenvalue weighted by molar-refractivity contribution is 9.10. The fourth-order valence-electron chi connectivity index (χ4n) is 2.48. The van der Waals surface area contributed by atoms with E-state index in [0.29, 0.717) is 0 Å².